The molecule has 0 atom stereocenters. The first-order valence-corrected chi connectivity index (χ1v) is 10.4. The zero-order chi connectivity index (χ0) is 20.4. The third-order valence-electron chi connectivity index (χ3n) is 5.52. The van der Waals surface area contributed by atoms with Crippen molar-refractivity contribution in [3.63, 3.8) is 0 Å². The van der Waals surface area contributed by atoms with Crippen LogP contribution in [0.1, 0.15) is 24.3 Å². The van der Waals surface area contributed by atoms with Crippen molar-refractivity contribution in [1.29, 1.82) is 0 Å². The maximum absolute atomic E-state index is 12.4. The van der Waals surface area contributed by atoms with Crippen molar-refractivity contribution in [3.8, 4) is 5.75 Å². The predicted octanol–water partition coefficient (Wildman–Crippen LogP) is 5.30. The Morgan fingerprint density at radius 1 is 1.21 bits per heavy atom. The maximum atomic E-state index is 12.4. The number of aromatic amines is 1. The van der Waals surface area contributed by atoms with Gasteiger partial charge in [0, 0.05) is 22.1 Å². The van der Waals surface area contributed by atoms with Crippen LogP contribution in [0.3, 0.4) is 0 Å². The molecule has 2 N–H and O–H groups in total. The Hall–Kier alpha value is -2.21. The molecule has 5 nitrogen and oxygen atoms in total. The fourth-order valence-electron chi connectivity index (χ4n) is 3.97. The van der Waals surface area contributed by atoms with Crippen molar-refractivity contribution in [1.82, 2.24) is 9.88 Å². The highest BCUT2D eigenvalue weighted by atomic mass is 35.5. The molecule has 4 rings (SSSR count). The molecule has 0 saturated carbocycles. The Kier molecular flexibility index (Phi) is 5.99. The number of aromatic nitrogens is 1. The molecule has 1 aromatic heterocycles. The lowest BCUT2D eigenvalue weighted by atomic mass is 9.89. The van der Waals surface area contributed by atoms with Crippen LogP contribution < -0.4 is 10.1 Å². The molecule has 2 aromatic carbocycles. The number of halogens is 2. The molecular formula is C22H23Cl2N3O2. The molecule has 29 heavy (non-hydrogen) atoms. The van der Waals surface area contributed by atoms with Gasteiger partial charge in [0.05, 0.1) is 24.4 Å². The highest BCUT2D eigenvalue weighted by Gasteiger charge is 2.24. The van der Waals surface area contributed by atoms with E-state index >= 15 is 0 Å². The lowest BCUT2D eigenvalue weighted by Crippen LogP contribution is -2.38. The second kappa shape index (κ2) is 8.66. The molecule has 0 bridgehead atoms. The van der Waals surface area contributed by atoms with Crippen molar-refractivity contribution >= 4 is 45.7 Å². The summed E-state index contributed by atoms with van der Waals surface area (Å²) in [4.78, 5) is 18.0. The summed E-state index contributed by atoms with van der Waals surface area (Å²) in [6, 6.07) is 11.2. The summed E-state index contributed by atoms with van der Waals surface area (Å²) in [5, 5.41) is 5.10. The predicted molar refractivity (Wildman–Crippen MR) is 118 cm³/mol. The van der Waals surface area contributed by atoms with E-state index in [1.807, 2.05) is 6.07 Å². The summed E-state index contributed by atoms with van der Waals surface area (Å²) >= 11 is 12.1. The van der Waals surface area contributed by atoms with E-state index in [1.165, 1.54) is 10.9 Å². The number of piperidine rings is 1. The van der Waals surface area contributed by atoms with Gasteiger partial charge in [-0.25, -0.2) is 0 Å². The van der Waals surface area contributed by atoms with Gasteiger partial charge in [-0.2, -0.15) is 0 Å². The number of amides is 1. The number of fused-ring (bicyclic) bond motifs is 1. The van der Waals surface area contributed by atoms with Gasteiger partial charge >= 0.3 is 0 Å². The van der Waals surface area contributed by atoms with Gasteiger partial charge in [0.15, 0.2) is 0 Å². The summed E-state index contributed by atoms with van der Waals surface area (Å²) < 4.78 is 5.38. The van der Waals surface area contributed by atoms with Crippen LogP contribution in [0.25, 0.3) is 10.9 Å². The standard InChI is InChI=1S/C22H23Cl2N3O2/c1-29-16-3-5-20-17(11-16)18(12-25-20)14-6-8-27(9-7-14)13-22(28)26-21-10-15(23)2-4-19(21)24/h2-5,10-12,14,25H,6-9,13H2,1H3,(H,26,28). The summed E-state index contributed by atoms with van der Waals surface area (Å²) in [6.45, 7) is 2.09. The van der Waals surface area contributed by atoms with E-state index in [1.54, 1.807) is 25.3 Å². The Morgan fingerprint density at radius 3 is 2.76 bits per heavy atom. The summed E-state index contributed by atoms with van der Waals surface area (Å²) in [5.41, 5.74) is 3.00. The van der Waals surface area contributed by atoms with Crippen molar-refractivity contribution in [2.75, 3.05) is 32.1 Å². The lowest BCUT2D eigenvalue weighted by Gasteiger charge is -2.31. The van der Waals surface area contributed by atoms with Crippen molar-refractivity contribution in [3.05, 3.63) is 58.2 Å². The minimum Gasteiger partial charge on any atom is -0.497 e. The molecule has 2 heterocycles. The van der Waals surface area contributed by atoms with E-state index in [9.17, 15) is 4.79 Å². The molecule has 0 unspecified atom stereocenters. The average Bonchev–Trinajstić information content (AvgIpc) is 3.14. The number of H-pyrrole nitrogens is 1. The number of rotatable bonds is 5. The first kappa shape index (κ1) is 20.1. The minimum absolute atomic E-state index is 0.0792. The normalized spacial score (nSPS) is 15.6. The minimum atomic E-state index is -0.0792. The van der Waals surface area contributed by atoms with Crippen LogP contribution in [-0.4, -0.2) is 42.5 Å². The third kappa shape index (κ3) is 4.53. The summed E-state index contributed by atoms with van der Waals surface area (Å²) in [7, 11) is 1.69. The molecule has 1 saturated heterocycles. The van der Waals surface area contributed by atoms with Gasteiger partial charge in [-0.05, 0) is 73.8 Å². The number of nitrogens with zero attached hydrogens (tertiary/aromatic N) is 1. The number of carbonyl (C=O) groups is 1. The average molecular weight is 432 g/mol. The maximum Gasteiger partial charge on any atom is 0.238 e. The first-order valence-electron chi connectivity index (χ1n) is 9.66. The summed E-state index contributed by atoms with van der Waals surface area (Å²) in [6.07, 6.45) is 4.13. The molecule has 3 aromatic rings. The molecule has 1 amide bonds. The third-order valence-corrected chi connectivity index (χ3v) is 6.08. The van der Waals surface area contributed by atoms with E-state index in [2.05, 4.69) is 33.5 Å². The fourth-order valence-corrected chi connectivity index (χ4v) is 4.31. The van der Waals surface area contributed by atoms with Crippen LogP contribution in [0.4, 0.5) is 5.69 Å². The molecule has 7 heteroatoms. The number of hydrogen-bond donors (Lipinski definition) is 2. The van der Waals surface area contributed by atoms with Crippen molar-refractivity contribution in [2.45, 2.75) is 18.8 Å². The number of hydrogen-bond acceptors (Lipinski definition) is 3. The van der Waals surface area contributed by atoms with Crippen LogP contribution in [0.2, 0.25) is 10.0 Å². The molecule has 0 radical (unpaired) electrons. The van der Waals surface area contributed by atoms with Gasteiger partial charge in [0.25, 0.3) is 0 Å². The quantitative estimate of drug-likeness (QED) is 0.575. The molecule has 1 aliphatic rings. The highest BCUT2D eigenvalue weighted by Crippen LogP contribution is 2.34. The number of methoxy groups -OCH3 is 1. The Bertz CT molecular complexity index is 1030. The van der Waals surface area contributed by atoms with E-state index in [4.69, 9.17) is 27.9 Å². The van der Waals surface area contributed by atoms with Crippen LogP contribution in [0, 0.1) is 0 Å². The largest absolute Gasteiger partial charge is 0.497 e. The zero-order valence-electron chi connectivity index (χ0n) is 16.2. The Balaban J connectivity index is 1.36. The molecular weight excluding hydrogens is 409 g/mol. The van der Waals surface area contributed by atoms with Crippen molar-refractivity contribution in [2.24, 2.45) is 0 Å². The van der Waals surface area contributed by atoms with E-state index in [0.717, 1.165) is 37.2 Å². The second-order valence-corrected chi connectivity index (χ2v) is 8.22. The number of ether oxygens (including phenoxy) is 1. The summed E-state index contributed by atoms with van der Waals surface area (Å²) in [5.74, 6) is 1.26. The van der Waals surface area contributed by atoms with E-state index < -0.39 is 0 Å². The van der Waals surface area contributed by atoms with Crippen LogP contribution in [0.5, 0.6) is 5.75 Å². The van der Waals surface area contributed by atoms with Crippen LogP contribution in [-0.2, 0) is 4.79 Å². The van der Waals surface area contributed by atoms with Crippen molar-refractivity contribution < 1.29 is 9.53 Å². The molecule has 1 aliphatic heterocycles. The van der Waals surface area contributed by atoms with Gasteiger partial charge in [-0.15, -0.1) is 0 Å². The number of nitrogens with one attached hydrogen (secondary N) is 2. The zero-order valence-corrected chi connectivity index (χ0v) is 17.7. The number of benzene rings is 2. The molecule has 1 fully saturated rings. The SMILES string of the molecule is COc1ccc2[nH]cc(C3CCN(CC(=O)Nc4cc(Cl)ccc4Cl)CC3)c2c1. The topological polar surface area (TPSA) is 57.4 Å². The van der Waals surface area contributed by atoms with Crippen LogP contribution in [0.15, 0.2) is 42.6 Å². The van der Waals surface area contributed by atoms with Gasteiger partial charge in [-0.1, -0.05) is 23.2 Å². The Labute approximate surface area is 179 Å². The number of carbonyl (C=O) groups excluding carboxylic acids is 1. The van der Waals surface area contributed by atoms with Gasteiger partial charge in [0.1, 0.15) is 5.75 Å². The molecule has 0 spiro atoms. The van der Waals surface area contributed by atoms with E-state index in [-0.39, 0.29) is 5.91 Å². The van der Waals surface area contributed by atoms with Gasteiger partial charge < -0.3 is 15.0 Å². The Morgan fingerprint density at radius 2 is 2.00 bits per heavy atom. The monoisotopic (exact) mass is 431 g/mol. The number of anilines is 1. The van der Waals surface area contributed by atoms with Gasteiger partial charge in [0.2, 0.25) is 5.91 Å². The van der Waals surface area contributed by atoms with E-state index in [0.29, 0.717) is 28.2 Å². The number of likely N-dealkylation sites (tertiary alicyclic amines) is 1. The molecule has 152 valence electrons. The van der Waals surface area contributed by atoms with Gasteiger partial charge in [-0.3, -0.25) is 9.69 Å². The fraction of sp³-hybridized carbons (Fsp3) is 0.318. The second-order valence-electron chi connectivity index (χ2n) is 7.38. The van der Waals surface area contributed by atoms with Crippen LogP contribution >= 0.6 is 23.2 Å². The molecule has 0 aliphatic carbocycles. The highest BCUT2D eigenvalue weighted by molar-refractivity contribution is 6.35. The first-order chi connectivity index (χ1) is 14.0. The smallest absolute Gasteiger partial charge is 0.238 e. The lowest BCUT2D eigenvalue weighted by molar-refractivity contribution is -0.117.